The fourth-order valence-electron chi connectivity index (χ4n) is 2.20. The van der Waals surface area contributed by atoms with Crippen LogP contribution in [0.1, 0.15) is 31.2 Å². The maximum absolute atomic E-state index is 14.0. The van der Waals surface area contributed by atoms with Crippen molar-refractivity contribution in [1.82, 2.24) is 9.55 Å². The average molecular weight is 271 g/mol. The summed E-state index contributed by atoms with van der Waals surface area (Å²) in [5.74, 6) is 3.58. The summed E-state index contributed by atoms with van der Waals surface area (Å²) in [5, 5.41) is 0. The smallest absolute Gasteiger partial charge is 0.132 e. The summed E-state index contributed by atoms with van der Waals surface area (Å²) in [6, 6.07) is 4.90. The van der Waals surface area contributed by atoms with Crippen LogP contribution in [0.3, 0.4) is 0 Å². The van der Waals surface area contributed by atoms with E-state index < -0.39 is 0 Å². The number of aromatic nitrogens is 2. The first kappa shape index (κ1) is 14.1. The van der Waals surface area contributed by atoms with Crippen LogP contribution in [0.25, 0.3) is 11.3 Å². The molecule has 0 saturated heterocycles. The number of hydrogen-bond donors (Lipinski definition) is 1. The SMILES string of the molecule is C#CCn1c(C(C)C)nc(-c2cc(C)ccc2F)c1N. The lowest BCUT2D eigenvalue weighted by atomic mass is 10.1. The number of nitrogens with two attached hydrogens (primary N) is 1. The Kier molecular flexibility index (Phi) is 3.80. The van der Waals surface area contributed by atoms with Gasteiger partial charge in [0.05, 0.1) is 6.54 Å². The fourth-order valence-corrected chi connectivity index (χ4v) is 2.20. The molecule has 0 atom stereocenters. The summed E-state index contributed by atoms with van der Waals surface area (Å²) in [6.45, 7) is 6.25. The molecule has 20 heavy (non-hydrogen) atoms. The highest BCUT2D eigenvalue weighted by Gasteiger charge is 2.20. The number of imidazole rings is 1. The van der Waals surface area contributed by atoms with Gasteiger partial charge in [0.2, 0.25) is 0 Å². The van der Waals surface area contributed by atoms with Gasteiger partial charge in [0.15, 0.2) is 0 Å². The molecule has 0 fully saturated rings. The van der Waals surface area contributed by atoms with Crippen LogP contribution in [0.4, 0.5) is 10.2 Å². The molecule has 1 heterocycles. The first-order valence-corrected chi connectivity index (χ1v) is 6.51. The molecule has 0 aliphatic heterocycles. The van der Waals surface area contributed by atoms with Gasteiger partial charge in [-0.1, -0.05) is 31.4 Å². The molecule has 4 heteroatoms. The molecule has 0 saturated carbocycles. The van der Waals surface area contributed by atoms with Crippen LogP contribution < -0.4 is 5.73 Å². The van der Waals surface area contributed by atoms with Crippen molar-refractivity contribution in [2.45, 2.75) is 33.2 Å². The lowest BCUT2D eigenvalue weighted by Crippen LogP contribution is -2.07. The van der Waals surface area contributed by atoms with Gasteiger partial charge >= 0.3 is 0 Å². The molecule has 0 radical (unpaired) electrons. The van der Waals surface area contributed by atoms with Crippen molar-refractivity contribution in [3.63, 3.8) is 0 Å². The lowest BCUT2D eigenvalue weighted by molar-refractivity contribution is 0.630. The summed E-state index contributed by atoms with van der Waals surface area (Å²) in [5.41, 5.74) is 7.95. The van der Waals surface area contributed by atoms with Crippen LogP contribution in [-0.4, -0.2) is 9.55 Å². The Labute approximate surface area is 118 Å². The molecule has 0 spiro atoms. The Morgan fingerprint density at radius 2 is 2.15 bits per heavy atom. The van der Waals surface area contributed by atoms with Crippen LogP contribution in [0, 0.1) is 25.1 Å². The van der Waals surface area contributed by atoms with E-state index in [-0.39, 0.29) is 11.7 Å². The second kappa shape index (κ2) is 5.38. The minimum Gasteiger partial charge on any atom is -0.383 e. The van der Waals surface area contributed by atoms with E-state index in [1.165, 1.54) is 6.07 Å². The number of nitrogens with zero attached hydrogens (tertiary/aromatic N) is 2. The van der Waals surface area contributed by atoms with Gasteiger partial charge in [-0.3, -0.25) is 0 Å². The maximum Gasteiger partial charge on any atom is 0.132 e. The highest BCUT2D eigenvalue weighted by Crippen LogP contribution is 2.31. The molecule has 104 valence electrons. The molecule has 0 bridgehead atoms. The van der Waals surface area contributed by atoms with Crippen molar-refractivity contribution >= 4 is 5.82 Å². The molecule has 0 unspecified atom stereocenters. The van der Waals surface area contributed by atoms with Gasteiger partial charge in [-0.15, -0.1) is 6.42 Å². The van der Waals surface area contributed by atoms with E-state index >= 15 is 0 Å². The van der Waals surface area contributed by atoms with Gasteiger partial charge in [0.1, 0.15) is 23.2 Å². The molecule has 1 aromatic heterocycles. The second-order valence-electron chi connectivity index (χ2n) is 5.13. The topological polar surface area (TPSA) is 43.8 Å². The monoisotopic (exact) mass is 271 g/mol. The molecular weight excluding hydrogens is 253 g/mol. The molecule has 2 aromatic rings. The van der Waals surface area contributed by atoms with Gasteiger partial charge in [0, 0.05) is 11.5 Å². The predicted molar refractivity (Wildman–Crippen MR) is 79.7 cm³/mol. The largest absolute Gasteiger partial charge is 0.383 e. The summed E-state index contributed by atoms with van der Waals surface area (Å²) in [6.07, 6.45) is 5.37. The Morgan fingerprint density at radius 3 is 2.75 bits per heavy atom. The molecule has 0 aliphatic rings. The first-order valence-electron chi connectivity index (χ1n) is 6.51. The third-order valence-corrected chi connectivity index (χ3v) is 3.18. The van der Waals surface area contributed by atoms with Gasteiger partial charge in [-0.2, -0.15) is 0 Å². The number of hydrogen-bond acceptors (Lipinski definition) is 2. The van der Waals surface area contributed by atoms with Crippen molar-refractivity contribution in [2.75, 3.05) is 5.73 Å². The summed E-state index contributed by atoms with van der Waals surface area (Å²) < 4.78 is 15.8. The highest BCUT2D eigenvalue weighted by atomic mass is 19.1. The summed E-state index contributed by atoms with van der Waals surface area (Å²) >= 11 is 0. The fraction of sp³-hybridized carbons (Fsp3) is 0.312. The van der Waals surface area contributed by atoms with Gasteiger partial charge < -0.3 is 10.3 Å². The highest BCUT2D eigenvalue weighted by molar-refractivity contribution is 5.72. The van der Waals surface area contributed by atoms with Gasteiger partial charge in [-0.05, 0) is 19.1 Å². The lowest BCUT2D eigenvalue weighted by Gasteiger charge is -2.08. The molecule has 1 aromatic carbocycles. The van der Waals surface area contributed by atoms with Gasteiger partial charge in [-0.25, -0.2) is 9.37 Å². The van der Waals surface area contributed by atoms with Crippen LogP contribution in [-0.2, 0) is 6.54 Å². The van der Waals surface area contributed by atoms with Crippen LogP contribution >= 0.6 is 0 Å². The van der Waals surface area contributed by atoms with E-state index in [4.69, 9.17) is 12.2 Å². The number of nitrogen functional groups attached to an aromatic ring is 1. The van der Waals surface area contributed by atoms with Crippen molar-refractivity contribution < 1.29 is 4.39 Å². The third kappa shape index (κ3) is 2.39. The Balaban J connectivity index is 2.66. The molecule has 3 nitrogen and oxygen atoms in total. The Hall–Kier alpha value is -2.28. The van der Waals surface area contributed by atoms with E-state index in [9.17, 15) is 4.39 Å². The quantitative estimate of drug-likeness (QED) is 0.870. The predicted octanol–water partition coefficient (Wildman–Crippen LogP) is 3.34. The number of benzene rings is 1. The second-order valence-corrected chi connectivity index (χ2v) is 5.13. The number of halogens is 1. The van der Waals surface area contributed by atoms with E-state index in [1.807, 2.05) is 20.8 Å². The number of anilines is 1. The van der Waals surface area contributed by atoms with Crippen molar-refractivity contribution in [3.8, 4) is 23.6 Å². The van der Waals surface area contributed by atoms with Gasteiger partial charge in [0.25, 0.3) is 0 Å². The number of terminal acetylenes is 1. The van der Waals surface area contributed by atoms with Crippen LogP contribution in [0.2, 0.25) is 0 Å². The van der Waals surface area contributed by atoms with Crippen LogP contribution in [0.5, 0.6) is 0 Å². The Bertz CT molecular complexity index is 678. The van der Waals surface area contributed by atoms with E-state index in [0.717, 1.165) is 11.4 Å². The summed E-state index contributed by atoms with van der Waals surface area (Å²) in [4.78, 5) is 4.50. The Morgan fingerprint density at radius 1 is 1.45 bits per heavy atom. The molecule has 2 rings (SSSR count). The zero-order valence-corrected chi connectivity index (χ0v) is 11.9. The average Bonchev–Trinajstić information content (AvgIpc) is 2.71. The van der Waals surface area contributed by atoms with Crippen molar-refractivity contribution in [3.05, 3.63) is 35.4 Å². The van der Waals surface area contributed by atoms with Crippen LogP contribution in [0.15, 0.2) is 18.2 Å². The zero-order chi connectivity index (χ0) is 14.9. The van der Waals surface area contributed by atoms with Crippen molar-refractivity contribution in [1.29, 1.82) is 0 Å². The number of aryl methyl sites for hydroxylation is 1. The summed E-state index contributed by atoms with van der Waals surface area (Å²) in [7, 11) is 0. The number of rotatable bonds is 3. The minimum atomic E-state index is -0.331. The zero-order valence-electron chi connectivity index (χ0n) is 11.9. The van der Waals surface area contributed by atoms with E-state index in [1.54, 1.807) is 16.7 Å². The molecule has 0 amide bonds. The third-order valence-electron chi connectivity index (χ3n) is 3.18. The molecular formula is C16H18FN3. The standard InChI is InChI=1S/C16H18FN3/c1-5-8-20-15(18)14(19-16(20)10(2)3)12-9-11(4)6-7-13(12)17/h1,6-7,9-10H,8,18H2,2-4H3. The van der Waals surface area contributed by atoms with Crippen molar-refractivity contribution in [2.24, 2.45) is 0 Å². The first-order chi connectivity index (χ1) is 9.45. The normalized spacial score (nSPS) is 10.8. The maximum atomic E-state index is 14.0. The molecule has 2 N–H and O–H groups in total. The van der Waals surface area contributed by atoms with E-state index in [0.29, 0.717) is 23.6 Å². The minimum absolute atomic E-state index is 0.160. The van der Waals surface area contributed by atoms with E-state index in [2.05, 4.69) is 10.9 Å². The molecule has 0 aliphatic carbocycles.